The van der Waals surface area contributed by atoms with Gasteiger partial charge in [0.2, 0.25) is 0 Å². The minimum Gasteiger partial charge on any atom is -0.399 e. The summed E-state index contributed by atoms with van der Waals surface area (Å²) in [6.07, 6.45) is -2.62. The fraction of sp³-hybridized carbons (Fsp3) is 0.200. The third-order valence-electron chi connectivity index (χ3n) is 3.03. The molecular weight excluding hydrogens is 265 g/mol. The van der Waals surface area contributed by atoms with Crippen LogP contribution >= 0.6 is 0 Å². The van der Waals surface area contributed by atoms with Crippen molar-refractivity contribution < 1.29 is 13.2 Å². The predicted octanol–water partition coefficient (Wildman–Crippen LogP) is 4.52. The van der Waals surface area contributed by atoms with E-state index < -0.39 is 6.43 Å². The van der Waals surface area contributed by atoms with E-state index in [9.17, 15) is 13.2 Å². The molecule has 0 saturated carbocycles. The zero-order chi connectivity index (χ0) is 14.7. The van der Waals surface area contributed by atoms with Gasteiger partial charge < -0.3 is 11.1 Å². The maximum absolute atomic E-state index is 13.2. The Morgan fingerprint density at radius 3 is 2.50 bits per heavy atom. The number of alkyl halides is 2. The number of halogens is 3. The second-order valence-corrected chi connectivity index (χ2v) is 4.57. The van der Waals surface area contributed by atoms with E-state index in [1.54, 1.807) is 25.1 Å². The van der Waals surface area contributed by atoms with E-state index in [0.717, 1.165) is 0 Å². The van der Waals surface area contributed by atoms with Gasteiger partial charge in [-0.1, -0.05) is 12.1 Å². The molecule has 0 radical (unpaired) electrons. The molecule has 2 rings (SSSR count). The number of nitrogen functional groups attached to an aromatic ring is 1. The van der Waals surface area contributed by atoms with Gasteiger partial charge in [-0.2, -0.15) is 0 Å². The average molecular weight is 280 g/mol. The number of hydrogen-bond acceptors (Lipinski definition) is 2. The summed E-state index contributed by atoms with van der Waals surface area (Å²) in [5, 5.41) is 2.96. The monoisotopic (exact) mass is 280 g/mol. The van der Waals surface area contributed by atoms with Gasteiger partial charge in [0.15, 0.2) is 0 Å². The summed E-state index contributed by atoms with van der Waals surface area (Å²) in [5.74, 6) is -0.359. The first-order valence-corrected chi connectivity index (χ1v) is 6.17. The highest BCUT2D eigenvalue weighted by Gasteiger charge is 2.15. The van der Waals surface area contributed by atoms with Gasteiger partial charge in [-0.15, -0.1) is 0 Å². The van der Waals surface area contributed by atoms with Crippen molar-refractivity contribution in [3.63, 3.8) is 0 Å². The highest BCUT2D eigenvalue weighted by molar-refractivity contribution is 5.59. The van der Waals surface area contributed by atoms with Gasteiger partial charge in [-0.25, -0.2) is 13.2 Å². The lowest BCUT2D eigenvalue weighted by molar-refractivity contribution is 0.152. The van der Waals surface area contributed by atoms with Crippen LogP contribution in [0.15, 0.2) is 42.5 Å². The summed E-state index contributed by atoms with van der Waals surface area (Å²) < 4.78 is 39.1. The molecule has 1 unspecified atom stereocenters. The molecule has 0 aliphatic rings. The molecule has 0 saturated heterocycles. The van der Waals surface area contributed by atoms with Crippen molar-refractivity contribution in [2.75, 3.05) is 11.1 Å². The van der Waals surface area contributed by atoms with E-state index in [1.807, 2.05) is 0 Å². The second-order valence-electron chi connectivity index (χ2n) is 4.57. The fourth-order valence-electron chi connectivity index (χ4n) is 1.99. The van der Waals surface area contributed by atoms with Gasteiger partial charge in [0, 0.05) is 23.0 Å². The van der Waals surface area contributed by atoms with Crippen LogP contribution in [0.3, 0.4) is 0 Å². The fourth-order valence-corrected chi connectivity index (χ4v) is 1.99. The molecule has 0 amide bonds. The van der Waals surface area contributed by atoms with E-state index >= 15 is 0 Å². The number of nitrogens with one attached hydrogen (secondary N) is 1. The van der Waals surface area contributed by atoms with Gasteiger partial charge >= 0.3 is 0 Å². The first-order chi connectivity index (χ1) is 9.47. The Bertz CT molecular complexity index is 599. The number of benzene rings is 2. The van der Waals surface area contributed by atoms with E-state index in [4.69, 9.17) is 5.73 Å². The molecular formula is C15H15F3N2. The van der Waals surface area contributed by atoms with E-state index in [2.05, 4.69) is 5.32 Å². The molecule has 5 heteroatoms. The molecule has 106 valence electrons. The van der Waals surface area contributed by atoms with Crippen molar-refractivity contribution in [3.8, 4) is 0 Å². The van der Waals surface area contributed by atoms with Crippen LogP contribution in [0, 0.1) is 5.82 Å². The van der Waals surface area contributed by atoms with Crippen molar-refractivity contribution >= 4 is 11.4 Å². The van der Waals surface area contributed by atoms with Crippen molar-refractivity contribution in [2.24, 2.45) is 0 Å². The number of rotatable bonds is 4. The average Bonchev–Trinajstić information content (AvgIpc) is 2.40. The standard InChI is InChI=1S/C15H15F3N2/c1-9(10-3-2-4-11(16)7-10)20-14-6-5-12(19)8-13(14)15(17)18/h2-9,15,20H,19H2,1H3. The van der Waals surface area contributed by atoms with E-state index in [-0.39, 0.29) is 23.1 Å². The molecule has 3 N–H and O–H groups in total. The first-order valence-electron chi connectivity index (χ1n) is 6.17. The molecule has 0 fully saturated rings. The summed E-state index contributed by atoms with van der Waals surface area (Å²) in [4.78, 5) is 0. The summed E-state index contributed by atoms with van der Waals surface area (Å²) in [6.45, 7) is 1.78. The van der Waals surface area contributed by atoms with Gasteiger partial charge in [0.1, 0.15) is 5.82 Å². The quantitative estimate of drug-likeness (QED) is 0.808. The second kappa shape index (κ2) is 5.86. The van der Waals surface area contributed by atoms with E-state index in [1.165, 1.54) is 24.3 Å². The maximum atomic E-state index is 13.2. The van der Waals surface area contributed by atoms with Crippen LogP contribution in [0.4, 0.5) is 24.5 Å². The van der Waals surface area contributed by atoms with Crippen LogP contribution < -0.4 is 11.1 Å². The Morgan fingerprint density at radius 2 is 1.85 bits per heavy atom. The molecule has 2 nitrogen and oxygen atoms in total. The topological polar surface area (TPSA) is 38.0 Å². The van der Waals surface area contributed by atoms with Crippen molar-refractivity contribution in [1.82, 2.24) is 0 Å². The first kappa shape index (κ1) is 14.2. The molecule has 2 aromatic rings. The highest BCUT2D eigenvalue weighted by Crippen LogP contribution is 2.31. The lowest BCUT2D eigenvalue weighted by atomic mass is 10.1. The van der Waals surface area contributed by atoms with Gasteiger partial charge in [-0.3, -0.25) is 0 Å². The Kier molecular flexibility index (Phi) is 4.17. The van der Waals surface area contributed by atoms with Crippen LogP contribution in [0.1, 0.15) is 30.5 Å². The zero-order valence-electron chi connectivity index (χ0n) is 10.9. The predicted molar refractivity (Wildman–Crippen MR) is 74.2 cm³/mol. The summed E-state index contributed by atoms with van der Waals surface area (Å²) in [5.41, 5.74) is 6.62. The zero-order valence-corrected chi connectivity index (χ0v) is 10.9. The number of hydrogen-bond donors (Lipinski definition) is 2. The van der Waals surface area contributed by atoms with Crippen LogP contribution in [-0.4, -0.2) is 0 Å². The van der Waals surface area contributed by atoms with Crippen molar-refractivity contribution in [2.45, 2.75) is 19.4 Å². The van der Waals surface area contributed by atoms with Crippen LogP contribution in [0.25, 0.3) is 0 Å². The largest absolute Gasteiger partial charge is 0.399 e. The van der Waals surface area contributed by atoms with Crippen molar-refractivity contribution in [3.05, 3.63) is 59.4 Å². The molecule has 0 aliphatic heterocycles. The van der Waals surface area contributed by atoms with Crippen LogP contribution in [0.2, 0.25) is 0 Å². The highest BCUT2D eigenvalue weighted by atomic mass is 19.3. The molecule has 20 heavy (non-hydrogen) atoms. The number of nitrogens with two attached hydrogens (primary N) is 1. The summed E-state index contributed by atoms with van der Waals surface area (Å²) in [6, 6.07) is 10.0. The van der Waals surface area contributed by atoms with E-state index in [0.29, 0.717) is 11.3 Å². The Balaban J connectivity index is 2.25. The Labute approximate surface area is 115 Å². The minimum atomic E-state index is -2.62. The van der Waals surface area contributed by atoms with Gasteiger partial charge in [-0.05, 0) is 42.8 Å². The SMILES string of the molecule is CC(Nc1ccc(N)cc1C(F)F)c1cccc(F)c1. The maximum Gasteiger partial charge on any atom is 0.265 e. The molecule has 0 aliphatic carbocycles. The van der Waals surface area contributed by atoms with Crippen molar-refractivity contribution in [1.29, 1.82) is 0 Å². The molecule has 0 aromatic heterocycles. The third kappa shape index (κ3) is 3.23. The lowest BCUT2D eigenvalue weighted by Crippen LogP contribution is -2.09. The molecule has 0 bridgehead atoms. The summed E-state index contributed by atoms with van der Waals surface area (Å²) >= 11 is 0. The normalized spacial score (nSPS) is 12.4. The third-order valence-corrected chi connectivity index (χ3v) is 3.03. The summed E-state index contributed by atoms with van der Waals surface area (Å²) in [7, 11) is 0. The molecule has 0 spiro atoms. The van der Waals surface area contributed by atoms with Gasteiger partial charge in [0.25, 0.3) is 6.43 Å². The minimum absolute atomic E-state index is 0.159. The van der Waals surface area contributed by atoms with Crippen LogP contribution in [-0.2, 0) is 0 Å². The molecule has 2 aromatic carbocycles. The molecule has 0 heterocycles. The lowest BCUT2D eigenvalue weighted by Gasteiger charge is -2.18. The number of anilines is 2. The van der Waals surface area contributed by atoms with Gasteiger partial charge in [0.05, 0.1) is 0 Å². The van der Waals surface area contributed by atoms with Crippen LogP contribution in [0.5, 0.6) is 0 Å². The Morgan fingerprint density at radius 1 is 1.10 bits per heavy atom. The smallest absolute Gasteiger partial charge is 0.265 e. The Hall–Kier alpha value is -2.17. The molecule has 1 atom stereocenters.